The number of thiocarbonyl (C=S) groups is 1. The van der Waals surface area contributed by atoms with Crippen molar-refractivity contribution in [2.24, 2.45) is 11.8 Å². The van der Waals surface area contributed by atoms with E-state index in [4.69, 9.17) is 21.7 Å². The molecule has 152 valence electrons. The maximum atomic E-state index is 12.4. The molecule has 0 spiro atoms. The molecule has 1 saturated heterocycles. The summed E-state index contributed by atoms with van der Waals surface area (Å²) < 4.78 is 11.1. The lowest BCUT2D eigenvalue weighted by molar-refractivity contribution is -0.126. The normalized spacial score (nSPS) is 18.2. The fourth-order valence-electron chi connectivity index (χ4n) is 3.07. The summed E-state index contributed by atoms with van der Waals surface area (Å²) >= 11 is 5.14. The first-order chi connectivity index (χ1) is 13.4. The molecule has 1 atom stereocenters. The summed E-state index contributed by atoms with van der Waals surface area (Å²) in [4.78, 5) is 26.4. The molecule has 3 rings (SSSR count). The van der Waals surface area contributed by atoms with Crippen LogP contribution in [0.4, 0.5) is 5.69 Å². The lowest BCUT2D eigenvalue weighted by Gasteiger charge is -2.22. The Bertz CT molecular complexity index is 755. The number of hydrogen-bond acceptors (Lipinski definition) is 5. The molecule has 0 aromatic heterocycles. The van der Waals surface area contributed by atoms with E-state index >= 15 is 0 Å². The van der Waals surface area contributed by atoms with Gasteiger partial charge in [-0.1, -0.05) is 13.8 Å². The SMILES string of the molecule is CC(C)CCNC(=S)NNC(=O)[C@H]1CC(=O)N(c2ccc3c(c2)OCCO3)C1. The van der Waals surface area contributed by atoms with Crippen LogP contribution in [0.5, 0.6) is 11.5 Å². The molecule has 2 aliphatic heterocycles. The Morgan fingerprint density at radius 3 is 2.75 bits per heavy atom. The third-order valence-corrected chi connectivity index (χ3v) is 4.89. The van der Waals surface area contributed by atoms with E-state index < -0.39 is 5.92 Å². The molecule has 1 aromatic carbocycles. The zero-order chi connectivity index (χ0) is 20.1. The Labute approximate surface area is 169 Å². The molecule has 0 bridgehead atoms. The first-order valence-electron chi connectivity index (χ1n) is 9.47. The number of hydrogen-bond donors (Lipinski definition) is 3. The Balaban J connectivity index is 1.51. The van der Waals surface area contributed by atoms with E-state index in [1.165, 1.54) is 0 Å². The highest BCUT2D eigenvalue weighted by Gasteiger charge is 2.35. The van der Waals surface area contributed by atoms with Gasteiger partial charge in [0.25, 0.3) is 0 Å². The van der Waals surface area contributed by atoms with Crippen LogP contribution in [0.2, 0.25) is 0 Å². The molecule has 0 saturated carbocycles. The van der Waals surface area contributed by atoms with E-state index in [1.807, 2.05) is 0 Å². The van der Waals surface area contributed by atoms with Crippen molar-refractivity contribution >= 4 is 34.8 Å². The van der Waals surface area contributed by atoms with Crippen molar-refractivity contribution in [3.63, 3.8) is 0 Å². The van der Waals surface area contributed by atoms with Crippen molar-refractivity contribution in [3.8, 4) is 11.5 Å². The molecule has 1 aromatic rings. The van der Waals surface area contributed by atoms with Crippen molar-refractivity contribution < 1.29 is 19.1 Å². The number of hydrazine groups is 1. The zero-order valence-corrected chi connectivity index (χ0v) is 16.9. The summed E-state index contributed by atoms with van der Waals surface area (Å²) in [5.41, 5.74) is 5.98. The minimum absolute atomic E-state index is 0.102. The first-order valence-corrected chi connectivity index (χ1v) is 9.88. The second-order valence-corrected chi connectivity index (χ2v) is 7.69. The fourth-order valence-corrected chi connectivity index (χ4v) is 3.22. The number of carbonyl (C=O) groups excluding carboxylic acids is 2. The van der Waals surface area contributed by atoms with Crippen LogP contribution in [0.1, 0.15) is 26.7 Å². The van der Waals surface area contributed by atoms with E-state index in [9.17, 15) is 9.59 Å². The van der Waals surface area contributed by atoms with Gasteiger partial charge in [-0.3, -0.25) is 20.4 Å². The molecule has 9 heteroatoms. The van der Waals surface area contributed by atoms with Gasteiger partial charge in [-0.25, -0.2) is 0 Å². The van der Waals surface area contributed by atoms with Crippen molar-refractivity contribution in [1.29, 1.82) is 0 Å². The molecule has 8 nitrogen and oxygen atoms in total. The number of amides is 2. The Hall–Kier alpha value is -2.55. The third-order valence-electron chi connectivity index (χ3n) is 4.64. The standard InChI is InChI=1S/C19H26N4O4S/c1-12(2)5-6-20-19(28)22-21-18(25)13-9-17(24)23(11-13)14-3-4-15-16(10-14)27-8-7-26-15/h3-4,10,12-13H,5-9,11H2,1-2H3,(H,21,25)(H2,20,22,28)/t13-/m0/s1. The molecular formula is C19H26N4O4S. The van der Waals surface area contributed by atoms with Crippen LogP contribution >= 0.6 is 12.2 Å². The average Bonchev–Trinajstić information content (AvgIpc) is 3.07. The highest BCUT2D eigenvalue weighted by molar-refractivity contribution is 7.80. The van der Waals surface area contributed by atoms with Crippen molar-refractivity contribution in [1.82, 2.24) is 16.2 Å². The minimum atomic E-state index is -0.452. The maximum absolute atomic E-state index is 12.4. The minimum Gasteiger partial charge on any atom is -0.486 e. The monoisotopic (exact) mass is 406 g/mol. The van der Waals surface area contributed by atoms with Crippen molar-refractivity contribution in [2.75, 3.05) is 31.2 Å². The van der Waals surface area contributed by atoms with Gasteiger partial charge in [0.15, 0.2) is 16.6 Å². The average molecular weight is 407 g/mol. The van der Waals surface area contributed by atoms with E-state index in [0.717, 1.165) is 13.0 Å². The molecule has 2 aliphatic rings. The van der Waals surface area contributed by atoms with Crippen LogP contribution in [-0.4, -0.2) is 43.2 Å². The van der Waals surface area contributed by atoms with E-state index in [1.54, 1.807) is 23.1 Å². The highest BCUT2D eigenvalue weighted by Crippen LogP contribution is 2.35. The fraction of sp³-hybridized carbons (Fsp3) is 0.526. The van der Waals surface area contributed by atoms with Crippen LogP contribution in [0, 0.1) is 11.8 Å². The molecular weight excluding hydrogens is 380 g/mol. The predicted molar refractivity (Wildman–Crippen MR) is 109 cm³/mol. The van der Waals surface area contributed by atoms with Gasteiger partial charge in [-0.15, -0.1) is 0 Å². The molecule has 28 heavy (non-hydrogen) atoms. The van der Waals surface area contributed by atoms with Crippen LogP contribution < -0.4 is 30.5 Å². The molecule has 0 radical (unpaired) electrons. The second kappa shape index (κ2) is 9.09. The quantitative estimate of drug-likeness (QED) is 0.502. The summed E-state index contributed by atoms with van der Waals surface area (Å²) in [6.07, 6.45) is 1.13. The number of rotatable bonds is 5. The number of carbonyl (C=O) groups is 2. The second-order valence-electron chi connectivity index (χ2n) is 7.29. The van der Waals surface area contributed by atoms with Gasteiger partial charge >= 0.3 is 0 Å². The highest BCUT2D eigenvalue weighted by atomic mass is 32.1. The van der Waals surface area contributed by atoms with Gasteiger partial charge in [0.2, 0.25) is 11.8 Å². The van der Waals surface area contributed by atoms with Gasteiger partial charge in [-0.05, 0) is 36.7 Å². The number of nitrogens with zero attached hydrogens (tertiary/aromatic N) is 1. The van der Waals surface area contributed by atoms with Gasteiger partial charge in [0, 0.05) is 31.3 Å². The topological polar surface area (TPSA) is 91.9 Å². The summed E-state index contributed by atoms with van der Waals surface area (Å²) in [6.45, 7) is 6.29. The molecule has 3 N–H and O–H groups in total. The van der Waals surface area contributed by atoms with Gasteiger partial charge < -0.3 is 19.7 Å². The Morgan fingerprint density at radius 2 is 2.00 bits per heavy atom. The number of benzene rings is 1. The van der Waals surface area contributed by atoms with Gasteiger partial charge in [0.1, 0.15) is 13.2 Å². The first kappa shape index (κ1) is 20.2. The third kappa shape index (κ3) is 5.03. The maximum Gasteiger partial charge on any atom is 0.243 e. The lowest BCUT2D eigenvalue weighted by Crippen LogP contribution is -2.49. The van der Waals surface area contributed by atoms with Crippen LogP contribution in [-0.2, 0) is 9.59 Å². The van der Waals surface area contributed by atoms with Gasteiger partial charge in [0.05, 0.1) is 5.92 Å². The smallest absolute Gasteiger partial charge is 0.243 e. The Kier molecular flexibility index (Phi) is 6.56. The van der Waals surface area contributed by atoms with Crippen LogP contribution in [0.25, 0.3) is 0 Å². The molecule has 0 unspecified atom stereocenters. The molecule has 2 heterocycles. The summed E-state index contributed by atoms with van der Waals surface area (Å²) in [5, 5.41) is 3.40. The van der Waals surface area contributed by atoms with Crippen LogP contribution in [0.15, 0.2) is 18.2 Å². The summed E-state index contributed by atoms with van der Waals surface area (Å²) in [6, 6.07) is 5.36. The summed E-state index contributed by atoms with van der Waals surface area (Å²) in [7, 11) is 0. The molecule has 0 aliphatic carbocycles. The van der Waals surface area contributed by atoms with Crippen molar-refractivity contribution in [3.05, 3.63) is 18.2 Å². The van der Waals surface area contributed by atoms with Gasteiger partial charge in [-0.2, -0.15) is 0 Å². The largest absolute Gasteiger partial charge is 0.486 e. The zero-order valence-electron chi connectivity index (χ0n) is 16.1. The number of fused-ring (bicyclic) bond motifs is 1. The summed E-state index contributed by atoms with van der Waals surface area (Å²) in [5.74, 6) is 1.03. The van der Waals surface area contributed by atoms with E-state index in [2.05, 4.69) is 30.0 Å². The molecule has 2 amide bonds. The number of ether oxygens (including phenoxy) is 2. The predicted octanol–water partition coefficient (Wildman–Crippen LogP) is 1.35. The number of anilines is 1. The molecule has 1 fully saturated rings. The van der Waals surface area contributed by atoms with E-state index in [0.29, 0.717) is 48.0 Å². The van der Waals surface area contributed by atoms with Crippen molar-refractivity contribution in [2.45, 2.75) is 26.7 Å². The Morgan fingerprint density at radius 1 is 1.25 bits per heavy atom. The number of nitrogens with one attached hydrogen (secondary N) is 3. The lowest BCUT2D eigenvalue weighted by atomic mass is 10.1. The van der Waals surface area contributed by atoms with Crippen LogP contribution in [0.3, 0.4) is 0 Å². The van der Waals surface area contributed by atoms with E-state index in [-0.39, 0.29) is 18.2 Å².